The fraction of sp³-hybridized carbons (Fsp3) is 0.741. The summed E-state index contributed by atoms with van der Waals surface area (Å²) in [5.74, 6) is 4.07. The molecule has 0 N–H and O–H groups in total. The molecule has 3 rings (SSSR count). The minimum atomic E-state index is 0.778. The number of unbranched alkanes of at least 4 members (excludes halogenated alkanes) is 3. The number of aryl methyl sites for hydroxylation is 1. The SMILES string of the molecule is CCCCCC[C@H]1CC[C@H]([C@H]2CC[C@H](CCc3ccc(C#N)cc3)CC2)CC1. The Labute approximate surface area is 173 Å². The number of hydrogen-bond donors (Lipinski definition) is 0. The van der Waals surface area contributed by atoms with E-state index in [2.05, 4.69) is 25.1 Å². The Morgan fingerprint density at radius 3 is 1.86 bits per heavy atom. The van der Waals surface area contributed by atoms with E-state index in [9.17, 15) is 0 Å². The van der Waals surface area contributed by atoms with Crippen LogP contribution < -0.4 is 0 Å². The van der Waals surface area contributed by atoms with Crippen LogP contribution >= 0.6 is 0 Å². The normalized spacial score (nSPS) is 28.0. The Bertz CT molecular complexity index is 580. The average Bonchev–Trinajstić information content (AvgIpc) is 2.76. The Kier molecular flexibility index (Phi) is 8.91. The molecule has 1 heteroatoms. The molecule has 0 bridgehead atoms. The molecule has 0 radical (unpaired) electrons. The summed E-state index contributed by atoms with van der Waals surface area (Å²) in [6, 6.07) is 10.4. The predicted octanol–water partition coefficient (Wildman–Crippen LogP) is 8.07. The van der Waals surface area contributed by atoms with Gasteiger partial charge in [0.25, 0.3) is 0 Å². The topological polar surface area (TPSA) is 23.8 Å². The van der Waals surface area contributed by atoms with Crippen molar-refractivity contribution >= 4 is 0 Å². The number of benzene rings is 1. The molecule has 0 aliphatic heterocycles. The zero-order valence-electron chi connectivity index (χ0n) is 18.2. The number of hydrogen-bond acceptors (Lipinski definition) is 1. The molecule has 1 nitrogen and oxygen atoms in total. The molecule has 1 aromatic carbocycles. The van der Waals surface area contributed by atoms with E-state index in [-0.39, 0.29) is 0 Å². The molecule has 2 aliphatic carbocycles. The third kappa shape index (κ3) is 6.65. The monoisotopic (exact) mass is 379 g/mol. The van der Waals surface area contributed by atoms with Gasteiger partial charge in [0.2, 0.25) is 0 Å². The van der Waals surface area contributed by atoms with Crippen molar-refractivity contribution in [2.45, 2.75) is 103 Å². The van der Waals surface area contributed by atoms with E-state index < -0.39 is 0 Å². The van der Waals surface area contributed by atoms with Crippen LogP contribution in [0.25, 0.3) is 0 Å². The minimum absolute atomic E-state index is 0.778. The first-order chi connectivity index (χ1) is 13.8. The van der Waals surface area contributed by atoms with Crippen LogP contribution in [0.2, 0.25) is 0 Å². The highest BCUT2D eigenvalue weighted by molar-refractivity contribution is 5.31. The van der Waals surface area contributed by atoms with Crippen molar-refractivity contribution < 1.29 is 0 Å². The van der Waals surface area contributed by atoms with Crippen LogP contribution in [0.15, 0.2) is 24.3 Å². The fourth-order valence-corrected chi connectivity index (χ4v) is 5.87. The highest BCUT2D eigenvalue weighted by Gasteiger charge is 2.30. The van der Waals surface area contributed by atoms with E-state index in [1.807, 2.05) is 12.1 Å². The van der Waals surface area contributed by atoms with Crippen molar-refractivity contribution in [2.24, 2.45) is 23.7 Å². The van der Waals surface area contributed by atoms with E-state index in [0.29, 0.717) is 0 Å². The lowest BCUT2D eigenvalue weighted by Gasteiger charge is -2.38. The number of nitrogens with zero attached hydrogens (tertiary/aromatic N) is 1. The van der Waals surface area contributed by atoms with Gasteiger partial charge in [0, 0.05) is 0 Å². The van der Waals surface area contributed by atoms with Gasteiger partial charge in [0.05, 0.1) is 11.6 Å². The smallest absolute Gasteiger partial charge is 0.0991 e. The van der Waals surface area contributed by atoms with Crippen LogP contribution in [0.1, 0.15) is 108 Å². The van der Waals surface area contributed by atoms with Gasteiger partial charge in [0.1, 0.15) is 0 Å². The van der Waals surface area contributed by atoms with Crippen molar-refractivity contribution in [1.82, 2.24) is 0 Å². The van der Waals surface area contributed by atoms with Crippen LogP contribution in [0.4, 0.5) is 0 Å². The maximum atomic E-state index is 8.92. The van der Waals surface area contributed by atoms with Gasteiger partial charge in [-0.2, -0.15) is 5.26 Å². The molecular formula is C27H41N. The average molecular weight is 380 g/mol. The lowest BCUT2D eigenvalue weighted by Crippen LogP contribution is -2.26. The highest BCUT2D eigenvalue weighted by Crippen LogP contribution is 2.43. The molecular weight excluding hydrogens is 338 g/mol. The van der Waals surface area contributed by atoms with Gasteiger partial charge in [-0.15, -0.1) is 0 Å². The van der Waals surface area contributed by atoms with Crippen molar-refractivity contribution in [2.75, 3.05) is 0 Å². The van der Waals surface area contributed by atoms with Gasteiger partial charge in [0.15, 0.2) is 0 Å². The molecule has 0 atom stereocenters. The molecule has 0 unspecified atom stereocenters. The molecule has 0 aromatic heterocycles. The molecule has 2 fully saturated rings. The van der Waals surface area contributed by atoms with E-state index in [4.69, 9.17) is 5.26 Å². The Morgan fingerprint density at radius 1 is 0.750 bits per heavy atom. The van der Waals surface area contributed by atoms with Gasteiger partial charge < -0.3 is 0 Å². The van der Waals surface area contributed by atoms with Crippen molar-refractivity contribution in [1.29, 1.82) is 5.26 Å². The summed E-state index contributed by atoms with van der Waals surface area (Å²) in [5, 5.41) is 8.92. The summed E-state index contributed by atoms with van der Waals surface area (Å²) < 4.78 is 0. The molecule has 0 saturated heterocycles. The zero-order chi connectivity index (χ0) is 19.6. The quantitative estimate of drug-likeness (QED) is 0.398. The molecule has 1 aromatic rings. The Morgan fingerprint density at radius 2 is 1.32 bits per heavy atom. The largest absolute Gasteiger partial charge is 0.192 e. The van der Waals surface area contributed by atoms with Crippen molar-refractivity contribution in [3.8, 4) is 6.07 Å². The van der Waals surface area contributed by atoms with E-state index >= 15 is 0 Å². The zero-order valence-corrected chi connectivity index (χ0v) is 18.2. The van der Waals surface area contributed by atoms with Crippen LogP contribution in [0.3, 0.4) is 0 Å². The predicted molar refractivity (Wildman–Crippen MR) is 119 cm³/mol. The molecule has 2 aliphatic rings. The first kappa shape index (κ1) is 21.4. The highest BCUT2D eigenvalue weighted by atomic mass is 14.4. The van der Waals surface area contributed by atoms with Crippen LogP contribution in [0, 0.1) is 35.0 Å². The van der Waals surface area contributed by atoms with Gasteiger partial charge >= 0.3 is 0 Å². The second kappa shape index (κ2) is 11.6. The van der Waals surface area contributed by atoms with Gasteiger partial charge in [-0.25, -0.2) is 0 Å². The van der Waals surface area contributed by atoms with Gasteiger partial charge in [-0.3, -0.25) is 0 Å². The molecule has 28 heavy (non-hydrogen) atoms. The summed E-state index contributed by atoms with van der Waals surface area (Å²) in [5.41, 5.74) is 2.18. The fourth-order valence-electron chi connectivity index (χ4n) is 5.87. The summed E-state index contributed by atoms with van der Waals surface area (Å²) >= 11 is 0. The molecule has 0 spiro atoms. The standard InChI is InChI=1S/C27H41N/c1-2-3-4-5-6-22-13-17-26(18-14-22)27-19-15-24(16-20-27)8-7-23-9-11-25(21-28)12-10-23/h9-12,22,24,26-27H,2-8,13-20H2,1H3/t22-,24-,26-,27-. The third-order valence-electron chi connectivity index (χ3n) is 7.84. The maximum Gasteiger partial charge on any atom is 0.0991 e. The van der Waals surface area contributed by atoms with E-state index in [1.54, 1.807) is 0 Å². The Balaban J connectivity index is 1.30. The first-order valence-electron chi connectivity index (χ1n) is 12.3. The first-order valence-corrected chi connectivity index (χ1v) is 12.3. The molecule has 2 saturated carbocycles. The number of rotatable bonds is 9. The van der Waals surface area contributed by atoms with E-state index in [1.165, 1.54) is 102 Å². The minimum Gasteiger partial charge on any atom is -0.192 e. The number of nitriles is 1. The third-order valence-corrected chi connectivity index (χ3v) is 7.84. The molecule has 0 heterocycles. The molecule has 154 valence electrons. The van der Waals surface area contributed by atoms with Crippen LogP contribution in [-0.2, 0) is 6.42 Å². The molecule has 0 amide bonds. The lowest BCUT2D eigenvalue weighted by atomic mass is 9.68. The van der Waals surface area contributed by atoms with Crippen molar-refractivity contribution in [3.05, 3.63) is 35.4 Å². The van der Waals surface area contributed by atoms with Gasteiger partial charge in [-0.05, 0) is 79.9 Å². The lowest BCUT2D eigenvalue weighted by molar-refractivity contribution is 0.140. The second-order valence-corrected chi connectivity index (χ2v) is 9.76. The summed E-state index contributed by atoms with van der Waals surface area (Å²) in [6.45, 7) is 2.31. The Hall–Kier alpha value is -1.29. The summed E-state index contributed by atoms with van der Waals surface area (Å²) in [7, 11) is 0. The maximum absolute atomic E-state index is 8.92. The summed E-state index contributed by atoms with van der Waals surface area (Å²) in [4.78, 5) is 0. The van der Waals surface area contributed by atoms with Crippen LogP contribution in [0.5, 0.6) is 0 Å². The van der Waals surface area contributed by atoms with Crippen molar-refractivity contribution in [3.63, 3.8) is 0 Å². The van der Waals surface area contributed by atoms with Crippen LogP contribution in [-0.4, -0.2) is 0 Å². The second-order valence-electron chi connectivity index (χ2n) is 9.76. The van der Waals surface area contributed by atoms with E-state index in [0.717, 1.165) is 29.2 Å². The summed E-state index contributed by atoms with van der Waals surface area (Å²) in [6.07, 6.45) is 21.8. The van der Waals surface area contributed by atoms with Gasteiger partial charge in [-0.1, -0.05) is 76.8 Å².